The molecule has 27 heavy (non-hydrogen) atoms. The van der Waals surface area contributed by atoms with E-state index in [1.807, 2.05) is 49.1 Å². The van der Waals surface area contributed by atoms with Crippen molar-refractivity contribution in [3.05, 3.63) is 59.5 Å². The Hall–Kier alpha value is -2.89. The van der Waals surface area contributed by atoms with Gasteiger partial charge >= 0.3 is 0 Å². The minimum atomic E-state index is 0.0263. The van der Waals surface area contributed by atoms with Gasteiger partial charge in [0.05, 0.1) is 6.26 Å². The van der Waals surface area contributed by atoms with Gasteiger partial charge in [-0.15, -0.1) is 0 Å². The second-order valence-corrected chi connectivity index (χ2v) is 7.27. The van der Waals surface area contributed by atoms with Gasteiger partial charge in [-0.3, -0.25) is 4.79 Å². The lowest BCUT2D eigenvalue weighted by Gasteiger charge is -2.30. The molecule has 0 spiro atoms. The number of carbonyl (C=O) groups is 1. The molecular weight excluding hydrogens is 342 g/mol. The van der Waals surface area contributed by atoms with E-state index in [0.717, 1.165) is 30.0 Å². The van der Waals surface area contributed by atoms with Crippen molar-refractivity contribution in [2.24, 2.45) is 0 Å². The third kappa shape index (κ3) is 3.65. The van der Waals surface area contributed by atoms with E-state index in [-0.39, 0.29) is 17.7 Å². The van der Waals surface area contributed by atoms with E-state index in [1.54, 1.807) is 12.3 Å². The van der Waals surface area contributed by atoms with Crippen LogP contribution in [0.2, 0.25) is 0 Å². The normalized spacial score (nSPS) is 17.3. The van der Waals surface area contributed by atoms with Crippen LogP contribution in [0.25, 0.3) is 6.08 Å². The van der Waals surface area contributed by atoms with Gasteiger partial charge in [-0.1, -0.05) is 37.2 Å². The Kier molecular flexibility index (Phi) is 4.79. The van der Waals surface area contributed by atoms with Gasteiger partial charge in [0.2, 0.25) is 5.89 Å². The fourth-order valence-corrected chi connectivity index (χ4v) is 3.40. The van der Waals surface area contributed by atoms with Crippen LogP contribution in [0.3, 0.4) is 0 Å². The first-order chi connectivity index (χ1) is 13.1. The molecule has 4 rings (SSSR count). The summed E-state index contributed by atoms with van der Waals surface area (Å²) in [5.41, 5.74) is 1.55. The first kappa shape index (κ1) is 17.5. The van der Waals surface area contributed by atoms with Crippen LogP contribution >= 0.6 is 0 Å². The lowest BCUT2D eigenvalue weighted by molar-refractivity contribution is -0.127. The molecule has 0 unspecified atom stereocenters. The van der Waals surface area contributed by atoms with Crippen molar-refractivity contribution in [1.29, 1.82) is 0 Å². The Morgan fingerprint density at radius 1 is 1.22 bits per heavy atom. The number of amides is 1. The first-order valence-corrected chi connectivity index (χ1v) is 9.38. The molecule has 1 saturated heterocycles. The fraction of sp³-hybridized carbons (Fsp3) is 0.381. The zero-order valence-electron chi connectivity index (χ0n) is 15.6. The Labute approximate surface area is 158 Å². The van der Waals surface area contributed by atoms with E-state index >= 15 is 0 Å². The molecule has 2 aromatic rings. The molecule has 0 aliphatic carbocycles. The molecule has 140 valence electrons. The first-order valence-electron chi connectivity index (χ1n) is 9.38. The van der Waals surface area contributed by atoms with Crippen molar-refractivity contribution in [2.45, 2.75) is 38.5 Å². The van der Waals surface area contributed by atoms with Crippen molar-refractivity contribution in [3.8, 4) is 5.75 Å². The summed E-state index contributed by atoms with van der Waals surface area (Å²) in [7, 11) is 0. The number of rotatable bonds is 3. The average Bonchev–Trinajstić information content (AvgIpc) is 3.09. The van der Waals surface area contributed by atoms with Crippen molar-refractivity contribution in [1.82, 2.24) is 15.0 Å². The van der Waals surface area contributed by atoms with Crippen molar-refractivity contribution in [2.75, 3.05) is 13.1 Å². The summed E-state index contributed by atoms with van der Waals surface area (Å²) in [4.78, 5) is 19.4. The summed E-state index contributed by atoms with van der Waals surface area (Å²) >= 11 is 0. The summed E-state index contributed by atoms with van der Waals surface area (Å²) in [6.45, 7) is 5.45. The van der Waals surface area contributed by atoms with Crippen LogP contribution in [0.4, 0.5) is 0 Å². The number of para-hydroxylation sites is 1. The lowest BCUT2D eigenvalue weighted by Crippen LogP contribution is -2.38. The number of carbonyl (C=O) groups excluding carboxylic acids is 1. The Morgan fingerprint density at radius 2 is 2.00 bits per heavy atom. The minimum Gasteiger partial charge on any atom is -0.464 e. The fourth-order valence-electron chi connectivity index (χ4n) is 3.40. The van der Waals surface area contributed by atoms with Crippen LogP contribution in [0.1, 0.15) is 55.8 Å². The summed E-state index contributed by atoms with van der Waals surface area (Å²) in [5.74, 6) is 2.70. The van der Waals surface area contributed by atoms with Crippen molar-refractivity contribution < 1.29 is 14.1 Å². The standard InChI is InChI=1S/C21H23N3O3/c1-14(2)19-22-20(27-23-19)15-7-10-24(11-8-15)21(25)17-9-12-26-18-6-4-3-5-16(18)13-17/h3-6,9,12-15H,7-8,10-11H2,1-2H3. The van der Waals surface area contributed by atoms with Crippen LogP contribution in [0.5, 0.6) is 5.75 Å². The maximum absolute atomic E-state index is 13.0. The molecular formula is C21H23N3O3. The van der Waals surface area contributed by atoms with Gasteiger partial charge in [-0.2, -0.15) is 4.98 Å². The van der Waals surface area contributed by atoms with Gasteiger partial charge in [-0.25, -0.2) is 0 Å². The smallest absolute Gasteiger partial charge is 0.253 e. The maximum atomic E-state index is 13.0. The summed E-state index contributed by atoms with van der Waals surface area (Å²) < 4.78 is 11.0. The van der Waals surface area contributed by atoms with Crippen LogP contribution in [0.15, 0.2) is 46.7 Å². The van der Waals surface area contributed by atoms with E-state index in [1.165, 1.54) is 0 Å². The molecule has 0 atom stereocenters. The summed E-state index contributed by atoms with van der Waals surface area (Å²) in [6, 6.07) is 7.70. The van der Waals surface area contributed by atoms with E-state index in [2.05, 4.69) is 10.1 Å². The largest absolute Gasteiger partial charge is 0.464 e. The number of fused-ring (bicyclic) bond motifs is 1. The Balaban J connectivity index is 1.43. The molecule has 6 nitrogen and oxygen atoms in total. The topological polar surface area (TPSA) is 68.5 Å². The predicted molar refractivity (Wildman–Crippen MR) is 101 cm³/mol. The monoisotopic (exact) mass is 365 g/mol. The molecule has 0 N–H and O–H groups in total. The molecule has 1 aromatic heterocycles. The highest BCUT2D eigenvalue weighted by atomic mass is 16.5. The Bertz CT molecular complexity index is 890. The number of nitrogens with zero attached hydrogens (tertiary/aromatic N) is 3. The van der Waals surface area contributed by atoms with E-state index < -0.39 is 0 Å². The minimum absolute atomic E-state index is 0.0263. The zero-order chi connectivity index (χ0) is 18.8. The van der Waals surface area contributed by atoms with Gasteiger partial charge in [-0.05, 0) is 31.1 Å². The van der Waals surface area contributed by atoms with Crippen LogP contribution in [-0.4, -0.2) is 34.0 Å². The SMILES string of the molecule is CC(C)c1noc(C2CCN(C(=O)C3=Cc4ccccc4OC=C3)CC2)n1. The molecule has 6 heteroatoms. The van der Waals surface area contributed by atoms with Gasteiger partial charge in [0, 0.05) is 36.1 Å². The number of aromatic nitrogens is 2. The quantitative estimate of drug-likeness (QED) is 0.825. The Morgan fingerprint density at radius 3 is 2.74 bits per heavy atom. The highest BCUT2D eigenvalue weighted by molar-refractivity contribution is 6.01. The second kappa shape index (κ2) is 7.39. The highest BCUT2D eigenvalue weighted by Crippen LogP contribution is 2.30. The number of hydrogen-bond acceptors (Lipinski definition) is 5. The summed E-state index contributed by atoms with van der Waals surface area (Å²) in [6.07, 6.45) is 6.86. The molecule has 2 aliphatic rings. The molecule has 0 bridgehead atoms. The third-order valence-corrected chi connectivity index (χ3v) is 5.02. The number of ether oxygens (including phenoxy) is 1. The van der Waals surface area contributed by atoms with Crippen LogP contribution in [-0.2, 0) is 4.79 Å². The zero-order valence-corrected chi connectivity index (χ0v) is 15.6. The average molecular weight is 365 g/mol. The van der Waals surface area contributed by atoms with Gasteiger partial charge in [0.25, 0.3) is 5.91 Å². The van der Waals surface area contributed by atoms with Crippen molar-refractivity contribution >= 4 is 12.0 Å². The number of benzene rings is 1. The second-order valence-electron chi connectivity index (χ2n) is 7.27. The summed E-state index contributed by atoms with van der Waals surface area (Å²) in [5, 5.41) is 4.05. The highest BCUT2D eigenvalue weighted by Gasteiger charge is 2.29. The van der Waals surface area contributed by atoms with Gasteiger partial charge in [0.15, 0.2) is 5.82 Å². The van der Waals surface area contributed by atoms with Crippen molar-refractivity contribution in [3.63, 3.8) is 0 Å². The molecule has 3 heterocycles. The number of hydrogen-bond donors (Lipinski definition) is 0. The van der Waals surface area contributed by atoms with Crippen LogP contribution in [0, 0.1) is 0 Å². The molecule has 0 radical (unpaired) electrons. The van der Waals surface area contributed by atoms with E-state index in [4.69, 9.17) is 9.26 Å². The predicted octanol–water partition coefficient (Wildman–Crippen LogP) is 3.89. The molecule has 1 amide bonds. The van der Waals surface area contributed by atoms with E-state index in [9.17, 15) is 4.79 Å². The van der Waals surface area contributed by atoms with Crippen LogP contribution < -0.4 is 4.74 Å². The molecule has 1 fully saturated rings. The number of likely N-dealkylation sites (tertiary alicyclic amines) is 1. The van der Waals surface area contributed by atoms with E-state index in [0.29, 0.717) is 24.6 Å². The maximum Gasteiger partial charge on any atom is 0.253 e. The molecule has 2 aliphatic heterocycles. The lowest BCUT2D eigenvalue weighted by atomic mass is 9.96. The van der Waals surface area contributed by atoms with Gasteiger partial charge in [0.1, 0.15) is 5.75 Å². The molecule has 0 saturated carbocycles. The number of piperidine rings is 1. The third-order valence-electron chi connectivity index (χ3n) is 5.02. The van der Waals surface area contributed by atoms with Gasteiger partial charge < -0.3 is 14.2 Å². The molecule has 1 aromatic carbocycles.